The molecule has 0 spiro atoms. The highest BCUT2D eigenvalue weighted by Crippen LogP contribution is 2.48. The molecule has 4 rings (SSSR count). The van der Waals surface area contributed by atoms with Crippen LogP contribution in [-0.4, -0.2) is 102 Å². The van der Waals surface area contributed by atoms with Gasteiger partial charge in [-0.15, -0.1) is 22.7 Å². The highest BCUT2D eigenvalue weighted by molar-refractivity contribution is 7.11. The Balaban J connectivity index is 1.75. The van der Waals surface area contributed by atoms with E-state index in [1.807, 2.05) is 44.8 Å². The molecule has 0 fully saturated rings. The lowest BCUT2D eigenvalue weighted by molar-refractivity contribution is -0.124. The van der Waals surface area contributed by atoms with Gasteiger partial charge in [0.2, 0.25) is 0 Å². The molecular formula is C38H72N2O8S2Si8. The minimum atomic E-state index is -3.14. The van der Waals surface area contributed by atoms with Crippen molar-refractivity contribution in [1.82, 2.24) is 9.80 Å². The second-order valence-corrected chi connectivity index (χ2v) is 57.1. The maximum absolute atomic E-state index is 15.0. The van der Waals surface area contributed by atoms with Crippen LogP contribution in [0.4, 0.5) is 0 Å². The first kappa shape index (κ1) is 50.0. The Hall–Kier alpha value is -0.685. The van der Waals surface area contributed by atoms with Gasteiger partial charge in [-0.3, -0.25) is 9.59 Å². The van der Waals surface area contributed by atoms with Gasteiger partial charge in [0.25, 0.3) is 11.8 Å². The summed E-state index contributed by atoms with van der Waals surface area (Å²) < 4.78 is 41.9. The smallest absolute Gasteiger partial charge is 0.417 e. The number of carbonyl (C=O) groups is 2. The van der Waals surface area contributed by atoms with Gasteiger partial charge in [0, 0.05) is 25.2 Å². The van der Waals surface area contributed by atoms with E-state index in [2.05, 4.69) is 118 Å². The Morgan fingerprint density at radius 2 is 0.707 bits per heavy atom. The van der Waals surface area contributed by atoms with Gasteiger partial charge in [-0.1, -0.05) is 12.1 Å². The van der Waals surface area contributed by atoms with E-state index < -0.39 is 67.5 Å². The molecule has 0 saturated carbocycles. The lowest BCUT2D eigenvalue weighted by Crippen LogP contribution is -2.60. The molecule has 2 amide bonds. The minimum absolute atomic E-state index is 0.136. The Labute approximate surface area is 366 Å². The molecule has 0 atom stereocenters. The number of hydrogen-bond donors (Lipinski definition) is 0. The van der Waals surface area contributed by atoms with Crippen molar-refractivity contribution in [2.75, 3.05) is 13.1 Å². The summed E-state index contributed by atoms with van der Waals surface area (Å²) in [7, 11) is -18.8. The van der Waals surface area contributed by atoms with Gasteiger partial charge >= 0.3 is 17.6 Å². The molecule has 0 unspecified atom stereocenters. The number of hydrogen-bond acceptors (Lipinski definition) is 10. The lowest BCUT2D eigenvalue weighted by Gasteiger charge is -2.43. The number of amides is 2. The van der Waals surface area contributed by atoms with Crippen LogP contribution >= 0.6 is 22.7 Å². The van der Waals surface area contributed by atoms with Crippen LogP contribution < -0.4 is 0 Å². The van der Waals surface area contributed by atoms with Crippen molar-refractivity contribution in [3.8, 4) is 0 Å². The molecule has 0 saturated heterocycles. The molecule has 2 aliphatic heterocycles. The molecule has 0 radical (unpaired) electrons. The van der Waals surface area contributed by atoms with E-state index in [0.717, 1.165) is 9.75 Å². The molecule has 58 heavy (non-hydrogen) atoms. The average molecular weight is 974 g/mol. The molecule has 4 heterocycles. The number of rotatable bonds is 22. The van der Waals surface area contributed by atoms with E-state index in [0.29, 0.717) is 60.6 Å². The zero-order valence-electron chi connectivity index (χ0n) is 38.7. The van der Waals surface area contributed by atoms with Gasteiger partial charge < -0.3 is 34.5 Å². The second-order valence-electron chi connectivity index (χ2n) is 21.2. The van der Waals surface area contributed by atoms with Crippen molar-refractivity contribution >= 4 is 113 Å². The fourth-order valence-corrected chi connectivity index (χ4v) is 38.1. The van der Waals surface area contributed by atoms with Crippen molar-refractivity contribution in [2.45, 2.75) is 143 Å². The summed E-state index contributed by atoms with van der Waals surface area (Å²) in [6.45, 7) is 40.3. The number of thiophene rings is 2. The highest BCUT2D eigenvalue weighted by Gasteiger charge is 2.53. The molecule has 0 aromatic carbocycles. The Morgan fingerprint density at radius 3 is 0.914 bits per heavy atom. The molecule has 20 heteroatoms. The van der Waals surface area contributed by atoms with Crippen molar-refractivity contribution < 1.29 is 34.3 Å². The van der Waals surface area contributed by atoms with Gasteiger partial charge in [-0.25, -0.2) is 0 Å². The molecule has 0 N–H and O–H groups in total. The van der Waals surface area contributed by atoms with Crippen molar-refractivity contribution in [3.05, 3.63) is 55.9 Å². The minimum Gasteiger partial charge on any atom is -0.417 e. The van der Waals surface area contributed by atoms with Crippen molar-refractivity contribution in [1.29, 1.82) is 0 Å². The topological polar surface area (TPSA) is 96.0 Å². The van der Waals surface area contributed by atoms with Crippen LogP contribution in [0.1, 0.15) is 22.6 Å². The molecule has 326 valence electrons. The number of fused-ring (bicyclic) bond motifs is 1. The molecular weight excluding hydrogens is 901 g/mol. The summed E-state index contributed by atoms with van der Waals surface area (Å²) in [6, 6.07) is 9.20. The van der Waals surface area contributed by atoms with Gasteiger partial charge in [-0.05, 0) is 154 Å². The van der Waals surface area contributed by atoms with Gasteiger partial charge in [0.15, 0.2) is 49.9 Å². The zero-order valence-corrected chi connectivity index (χ0v) is 48.3. The molecule has 2 aromatic heterocycles. The third kappa shape index (κ3) is 14.2. The van der Waals surface area contributed by atoms with Crippen LogP contribution in [0.2, 0.25) is 130 Å². The molecule has 0 aliphatic carbocycles. The summed E-state index contributed by atoms with van der Waals surface area (Å²) in [6.07, 6.45) is 1.24. The fourth-order valence-electron chi connectivity index (χ4n) is 7.30. The first-order valence-electron chi connectivity index (χ1n) is 20.6. The normalized spacial score (nSPS) is 16.8. The summed E-state index contributed by atoms with van der Waals surface area (Å²) >= 11 is 3.11. The van der Waals surface area contributed by atoms with E-state index in [1.165, 1.54) is 0 Å². The third-order valence-corrected chi connectivity index (χ3v) is 34.0. The summed E-state index contributed by atoms with van der Waals surface area (Å²) in [4.78, 5) is 35.5. The van der Waals surface area contributed by atoms with Gasteiger partial charge in [0.1, 0.15) is 0 Å². The van der Waals surface area contributed by atoms with E-state index >= 15 is 0 Å². The van der Waals surface area contributed by atoms with Crippen molar-refractivity contribution in [2.24, 2.45) is 0 Å². The lowest BCUT2D eigenvalue weighted by atomic mass is 10.1. The summed E-state index contributed by atoms with van der Waals surface area (Å²) in [5.74, 6) is -0.272. The van der Waals surface area contributed by atoms with E-state index in [1.54, 1.807) is 22.7 Å². The predicted molar refractivity (Wildman–Crippen MR) is 263 cm³/mol. The Kier molecular flexibility index (Phi) is 15.7. The van der Waals surface area contributed by atoms with E-state index in [-0.39, 0.29) is 11.8 Å². The van der Waals surface area contributed by atoms with Crippen LogP contribution in [0, 0.1) is 0 Å². The maximum atomic E-state index is 15.0. The molecule has 2 aromatic rings. The highest BCUT2D eigenvalue weighted by atomic mass is 32.1. The monoisotopic (exact) mass is 972 g/mol. The quantitative estimate of drug-likeness (QED) is 0.108. The molecule has 2 aliphatic rings. The van der Waals surface area contributed by atoms with Crippen LogP contribution in [-0.2, 0) is 34.3 Å². The van der Waals surface area contributed by atoms with Gasteiger partial charge in [-0.2, -0.15) is 0 Å². The van der Waals surface area contributed by atoms with Crippen LogP contribution in [0.25, 0.3) is 11.4 Å². The van der Waals surface area contributed by atoms with Crippen LogP contribution in [0.3, 0.4) is 0 Å². The Bertz CT molecular complexity index is 1600. The standard InChI is InChI=1S/C38H72N2O8S2Si8/c1-51(2,3)43-57(44-52(4,5)6,45-53(7,8)9)29-21-25-39-35(31-23-19-27-49-31)33-34(37(39)41)36(32-24-20-28-50-32)40(38(33)42)26-22-30-58(46-54(10,11)12,47-55(13,14)15)48-56(16,17)18/h19-20,23-24,27-28H,21-22,25-26,29-30H2,1-18H3. The summed E-state index contributed by atoms with van der Waals surface area (Å²) in [5, 5.41) is 4.02. The first-order valence-corrected chi connectivity index (χ1v) is 46.7. The molecule has 0 bridgehead atoms. The van der Waals surface area contributed by atoms with Crippen LogP contribution in [0.5, 0.6) is 0 Å². The Morgan fingerprint density at radius 1 is 0.448 bits per heavy atom. The predicted octanol–water partition coefficient (Wildman–Crippen LogP) is 11.4. The molecule has 10 nitrogen and oxygen atoms in total. The first-order chi connectivity index (χ1) is 26.2. The maximum Gasteiger partial charge on any atom is 0.469 e. The fraction of sp³-hybridized carbons (Fsp3) is 0.632. The average Bonchev–Trinajstić information content (AvgIpc) is 3.76. The largest absolute Gasteiger partial charge is 0.469 e. The van der Waals surface area contributed by atoms with Gasteiger partial charge in [0.05, 0.1) is 32.3 Å². The second kappa shape index (κ2) is 18.2. The SMILES string of the molecule is C[Si](C)(C)O[Si](CCCN1C(=O)C2=C(c3cccs3)N(CCC[Si](O[Si](C)(C)C)(O[Si](C)(C)C)O[Si](C)(C)C)C(=O)C2=C1c1cccs1)(O[Si](C)(C)C)O[Si](C)(C)C. The number of carbonyl (C=O) groups excluding carboxylic acids is 2. The number of nitrogens with zero attached hydrogens (tertiary/aromatic N) is 2. The van der Waals surface area contributed by atoms with Crippen LogP contribution in [0.15, 0.2) is 46.2 Å². The third-order valence-electron chi connectivity index (χ3n) is 8.19. The summed E-state index contributed by atoms with van der Waals surface area (Å²) in [5.41, 5.74) is 2.38. The zero-order chi connectivity index (χ0) is 43.9. The van der Waals surface area contributed by atoms with Crippen molar-refractivity contribution in [3.63, 3.8) is 0 Å². The van der Waals surface area contributed by atoms with E-state index in [4.69, 9.17) is 24.7 Å². The van der Waals surface area contributed by atoms with E-state index in [9.17, 15) is 9.59 Å².